The van der Waals surface area contributed by atoms with Crippen molar-refractivity contribution in [2.75, 3.05) is 13.1 Å². The molecule has 2 aliphatic heterocycles. The number of hydrogen-bond donors (Lipinski definition) is 3. The van der Waals surface area contributed by atoms with Gasteiger partial charge in [-0.3, -0.25) is 14.4 Å². The molecule has 2 unspecified atom stereocenters. The van der Waals surface area contributed by atoms with Crippen LogP contribution < -0.4 is 10.9 Å². The molecule has 0 saturated heterocycles. The average molecular weight is 635 g/mol. The van der Waals surface area contributed by atoms with Crippen molar-refractivity contribution in [3.05, 3.63) is 61.7 Å². The van der Waals surface area contributed by atoms with Gasteiger partial charge in [-0.1, -0.05) is 20.8 Å². The number of aliphatic hydroxyl groups is 2. The predicted molar refractivity (Wildman–Crippen MR) is 166 cm³/mol. The first-order valence-electron chi connectivity index (χ1n) is 15.8. The number of rotatable bonds is 8. The molecule has 2 aromatic heterocycles. The molecule has 1 aliphatic carbocycles. The van der Waals surface area contributed by atoms with Crippen LogP contribution in [0.2, 0.25) is 0 Å². The highest BCUT2D eigenvalue weighted by Gasteiger charge is 2.46. The summed E-state index contributed by atoms with van der Waals surface area (Å²) in [5.74, 6) is -1.80. The largest absolute Gasteiger partial charge is 0.458 e. The molecule has 12 heteroatoms. The lowest BCUT2D eigenvalue weighted by atomic mass is 9.81. The normalized spacial score (nSPS) is 20.2. The molecule has 3 aliphatic rings. The SMILES string of the molecule is CC[C@@]1(O)C(=O)OCc2c1cc1n(c2=O)Cc2c-1nc1cc(F)c(C)c3c1c2C(NC(=O)CN(CC(C)O)C(=O)CC(C)C)CC3. The van der Waals surface area contributed by atoms with Gasteiger partial charge in [-0.2, -0.15) is 0 Å². The highest BCUT2D eigenvalue weighted by molar-refractivity contribution is 5.94. The zero-order chi connectivity index (χ0) is 33.2. The first-order chi connectivity index (χ1) is 21.7. The van der Waals surface area contributed by atoms with Crippen molar-refractivity contribution >= 4 is 28.7 Å². The van der Waals surface area contributed by atoms with Gasteiger partial charge >= 0.3 is 5.97 Å². The minimum absolute atomic E-state index is 0.00130. The first-order valence-corrected chi connectivity index (χ1v) is 15.8. The van der Waals surface area contributed by atoms with E-state index in [-0.39, 0.29) is 62.0 Å². The number of carbonyl (C=O) groups excluding carboxylic acids is 3. The van der Waals surface area contributed by atoms with E-state index in [1.165, 1.54) is 15.5 Å². The number of cyclic esters (lactones) is 1. The van der Waals surface area contributed by atoms with E-state index in [4.69, 9.17) is 9.72 Å². The van der Waals surface area contributed by atoms with Crippen LogP contribution >= 0.6 is 0 Å². The number of hydrogen-bond acceptors (Lipinski definition) is 8. The average Bonchev–Trinajstić information content (AvgIpc) is 3.36. The number of ether oxygens (including phenoxy) is 1. The standard InChI is InChI=1S/C34H39FN4O7/c1-6-34(45)22-10-26-31-20(13-39(26)32(43)21(22)15-46-33(34)44)30-24(8-7-19-18(5)23(35)11-25(37-31)29(19)30)36-27(41)14-38(12-17(4)40)28(42)9-16(2)3/h10-11,16-17,24,40,45H,6-9,12-15H2,1-5H3,(H,36,41)/t17?,24?,34-/m0/s1. The Labute approximate surface area is 265 Å². The highest BCUT2D eigenvalue weighted by atomic mass is 19.1. The quantitative estimate of drug-likeness (QED) is 0.251. The monoisotopic (exact) mass is 634 g/mol. The second-order valence-electron chi connectivity index (χ2n) is 13.2. The maximum absolute atomic E-state index is 15.2. The molecule has 244 valence electrons. The number of fused-ring (bicyclic) bond motifs is 5. The summed E-state index contributed by atoms with van der Waals surface area (Å²) in [5.41, 5.74) is 1.83. The van der Waals surface area contributed by atoms with E-state index in [1.807, 2.05) is 13.8 Å². The van der Waals surface area contributed by atoms with Crippen molar-refractivity contribution in [2.45, 2.75) is 91.2 Å². The zero-order valence-electron chi connectivity index (χ0n) is 26.7. The first kappa shape index (κ1) is 31.8. The Morgan fingerprint density at radius 3 is 2.63 bits per heavy atom. The van der Waals surface area contributed by atoms with Crippen LogP contribution in [-0.2, 0) is 44.3 Å². The second kappa shape index (κ2) is 11.6. The summed E-state index contributed by atoms with van der Waals surface area (Å²) in [6, 6.07) is 2.43. The third-order valence-corrected chi connectivity index (χ3v) is 9.47. The van der Waals surface area contributed by atoms with Crippen LogP contribution in [0.1, 0.15) is 86.4 Å². The Balaban J connectivity index is 1.46. The molecule has 3 atom stereocenters. The number of nitrogens with one attached hydrogen (secondary N) is 1. The van der Waals surface area contributed by atoms with Crippen LogP contribution in [0.15, 0.2) is 16.9 Å². The topological polar surface area (TPSA) is 151 Å². The lowest BCUT2D eigenvalue weighted by Crippen LogP contribution is -2.45. The number of aromatic nitrogens is 2. The van der Waals surface area contributed by atoms with Crippen LogP contribution in [0.3, 0.4) is 0 Å². The number of benzene rings is 1. The number of carbonyl (C=O) groups is 3. The zero-order valence-corrected chi connectivity index (χ0v) is 26.7. The summed E-state index contributed by atoms with van der Waals surface area (Å²) in [7, 11) is 0. The molecule has 0 saturated carbocycles. The summed E-state index contributed by atoms with van der Waals surface area (Å²) < 4.78 is 21.9. The molecular weight excluding hydrogens is 595 g/mol. The fourth-order valence-electron chi connectivity index (χ4n) is 7.16. The molecule has 6 rings (SSSR count). The van der Waals surface area contributed by atoms with Crippen LogP contribution in [0.4, 0.5) is 4.39 Å². The van der Waals surface area contributed by atoms with Crippen molar-refractivity contribution < 1.29 is 33.7 Å². The van der Waals surface area contributed by atoms with Crippen molar-refractivity contribution in [3.63, 3.8) is 0 Å². The number of esters is 1. The summed E-state index contributed by atoms with van der Waals surface area (Å²) >= 11 is 0. The Morgan fingerprint density at radius 1 is 1.22 bits per heavy atom. The van der Waals surface area contributed by atoms with Crippen molar-refractivity contribution in [2.24, 2.45) is 5.92 Å². The van der Waals surface area contributed by atoms with E-state index in [0.717, 1.165) is 16.5 Å². The lowest BCUT2D eigenvalue weighted by Gasteiger charge is -2.31. The van der Waals surface area contributed by atoms with Crippen LogP contribution in [-0.4, -0.2) is 61.6 Å². The van der Waals surface area contributed by atoms with E-state index < -0.39 is 41.0 Å². The van der Waals surface area contributed by atoms with Gasteiger partial charge in [0, 0.05) is 35.5 Å². The fourth-order valence-corrected chi connectivity index (χ4v) is 7.16. The van der Waals surface area contributed by atoms with E-state index in [9.17, 15) is 29.4 Å². The van der Waals surface area contributed by atoms with Gasteiger partial charge in [0.05, 0.1) is 47.7 Å². The van der Waals surface area contributed by atoms with Crippen molar-refractivity contribution in [1.29, 1.82) is 0 Å². The van der Waals surface area contributed by atoms with Gasteiger partial charge in [0.15, 0.2) is 5.60 Å². The molecule has 2 amide bonds. The molecule has 4 heterocycles. The Bertz CT molecular complexity index is 1870. The van der Waals surface area contributed by atoms with Crippen molar-refractivity contribution in [1.82, 2.24) is 19.8 Å². The van der Waals surface area contributed by atoms with E-state index in [2.05, 4.69) is 5.32 Å². The number of nitrogens with zero attached hydrogens (tertiary/aromatic N) is 3. The van der Waals surface area contributed by atoms with Gasteiger partial charge in [-0.15, -0.1) is 0 Å². The summed E-state index contributed by atoms with van der Waals surface area (Å²) in [6.45, 7) is 8.35. The summed E-state index contributed by atoms with van der Waals surface area (Å²) in [6.07, 6.45) is 0.344. The summed E-state index contributed by atoms with van der Waals surface area (Å²) in [5, 5.41) is 25.1. The predicted octanol–water partition coefficient (Wildman–Crippen LogP) is 2.89. The van der Waals surface area contributed by atoms with Crippen LogP contribution in [0.25, 0.3) is 22.3 Å². The Kier molecular flexibility index (Phi) is 8.00. The molecule has 0 bridgehead atoms. The minimum atomic E-state index is -1.99. The molecule has 3 aromatic rings. The van der Waals surface area contributed by atoms with E-state index in [0.29, 0.717) is 40.9 Å². The molecule has 0 spiro atoms. The molecular formula is C34H39FN4O7. The van der Waals surface area contributed by atoms with E-state index >= 15 is 4.39 Å². The molecule has 0 radical (unpaired) electrons. The van der Waals surface area contributed by atoms with Gasteiger partial charge in [0.2, 0.25) is 11.8 Å². The van der Waals surface area contributed by atoms with Gasteiger partial charge in [-0.25, -0.2) is 14.2 Å². The molecule has 46 heavy (non-hydrogen) atoms. The number of amides is 2. The summed E-state index contributed by atoms with van der Waals surface area (Å²) in [4.78, 5) is 59.1. The molecule has 3 N–H and O–H groups in total. The molecule has 11 nitrogen and oxygen atoms in total. The fraction of sp³-hybridized carbons (Fsp3) is 0.500. The van der Waals surface area contributed by atoms with Crippen LogP contribution in [0, 0.1) is 18.7 Å². The van der Waals surface area contributed by atoms with Gasteiger partial charge in [0.1, 0.15) is 12.4 Å². The van der Waals surface area contributed by atoms with Gasteiger partial charge < -0.3 is 29.7 Å². The third kappa shape index (κ3) is 5.07. The Morgan fingerprint density at radius 2 is 1.96 bits per heavy atom. The number of aliphatic hydroxyl groups excluding tert-OH is 1. The highest BCUT2D eigenvalue weighted by Crippen LogP contribution is 2.46. The smallest absolute Gasteiger partial charge is 0.343 e. The lowest BCUT2D eigenvalue weighted by molar-refractivity contribution is -0.172. The molecule has 0 fully saturated rings. The van der Waals surface area contributed by atoms with E-state index in [1.54, 1.807) is 26.8 Å². The number of halogens is 1. The van der Waals surface area contributed by atoms with Gasteiger partial charge in [0.25, 0.3) is 5.56 Å². The minimum Gasteiger partial charge on any atom is -0.458 e. The second-order valence-corrected chi connectivity index (χ2v) is 13.2. The van der Waals surface area contributed by atoms with Gasteiger partial charge in [-0.05, 0) is 61.8 Å². The van der Waals surface area contributed by atoms with Crippen LogP contribution in [0.5, 0.6) is 0 Å². The third-order valence-electron chi connectivity index (χ3n) is 9.47. The number of aryl methyl sites for hydroxylation is 1. The maximum atomic E-state index is 15.2. The number of pyridine rings is 2. The maximum Gasteiger partial charge on any atom is 0.343 e. The van der Waals surface area contributed by atoms with Crippen molar-refractivity contribution in [3.8, 4) is 11.4 Å². The molecule has 1 aromatic carbocycles. The Hall–Kier alpha value is -4.16.